The zero-order chi connectivity index (χ0) is 22.5. The molecule has 0 saturated heterocycles. The third-order valence-electron chi connectivity index (χ3n) is 5.07. The first kappa shape index (κ1) is 20.9. The molecule has 0 aliphatic heterocycles. The van der Waals surface area contributed by atoms with Gasteiger partial charge in [-0.3, -0.25) is 4.79 Å². The maximum atomic E-state index is 12.6. The van der Waals surface area contributed by atoms with Crippen molar-refractivity contribution in [3.8, 4) is 28.9 Å². The minimum atomic E-state index is -0.253. The molecule has 0 spiro atoms. The monoisotopic (exact) mass is 423 g/mol. The molecule has 32 heavy (non-hydrogen) atoms. The molecule has 1 unspecified atom stereocenters. The van der Waals surface area contributed by atoms with Crippen LogP contribution in [0.3, 0.4) is 0 Å². The number of hydrogen-bond donors (Lipinski definition) is 0. The third kappa shape index (κ3) is 4.40. The van der Waals surface area contributed by atoms with Crippen molar-refractivity contribution in [1.82, 2.24) is 19.7 Å². The summed E-state index contributed by atoms with van der Waals surface area (Å²) in [6, 6.07) is 18.5. The first-order valence-corrected chi connectivity index (χ1v) is 10.2. The van der Waals surface area contributed by atoms with Crippen molar-refractivity contribution in [2.24, 2.45) is 0 Å². The summed E-state index contributed by atoms with van der Waals surface area (Å²) in [5, 5.41) is 13.7. The molecule has 4 aromatic rings. The summed E-state index contributed by atoms with van der Waals surface area (Å²) >= 11 is 0. The van der Waals surface area contributed by atoms with Crippen LogP contribution in [0.15, 0.2) is 78.0 Å². The Hall–Kier alpha value is -4.31. The number of aromatic nitrogens is 4. The van der Waals surface area contributed by atoms with E-state index in [0.717, 1.165) is 11.1 Å². The summed E-state index contributed by atoms with van der Waals surface area (Å²) < 4.78 is 7.02. The third-order valence-corrected chi connectivity index (χ3v) is 5.07. The molecule has 2 aromatic heterocycles. The highest BCUT2D eigenvalue weighted by Gasteiger charge is 2.16. The van der Waals surface area contributed by atoms with Crippen molar-refractivity contribution in [1.29, 1.82) is 5.26 Å². The quantitative estimate of drug-likeness (QED) is 0.463. The van der Waals surface area contributed by atoms with E-state index in [-0.39, 0.29) is 11.3 Å². The Morgan fingerprint density at radius 3 is 2.62 bits per heavy atom. The van der Waals surface area contributed by atoms with Gasteiger partial charge in [-0.05, 0) is 36.8 Å². The molecule has 7 nitrogen and oxygen atoms in total. The predicted octanol–water partition coefficient (Wildman–Crippen LogP) is 4.11. The Morgan fingerprint density at radius 2 is 1.88 bits per heavy atom. The highest BCUT2D eigenvalue weighted by molar-refractivity contribution is 5.57. The van der Waals surface area contributed by atoms with Crippen molar-refractivity contribution < 1.29 is 4.74 Å². The van der Waals surface area contributed by atoms with Crippen LogP contribution in [0.5, 0.6) is 5.75 Å². The average molecular weight is 423 g/mol. The predicted molar refractivity (Wildman–Crippen MR) is 121 cm³/mol. The van der Waals surface area contributed by atoms with Gasteiger partial charge in [-0.1, -0.05) is 31.2 Å². The van der Waals surface area contributed by atoms with Gasteiger partial charge in [0.15, 0.2) is 11.6 Å². The van der Waals surface area contributed by atoms with Gasteiger partial charge in [0.25, 0.3) is 0 Å². The number of ether oxygens (including phenoxy) is 1. The normalized spacial score (nSPS) is 11.5. The van der Waals surface area contributed by atoms with Crippen LogP contribution in [0.1, 0.15) is 36.6 Å². The zero-order valence-corrected chi connectivity index (χ0v) is 17.8. The van der Waals surface area contributed by atoms with Crippen molar-refractivity contribution >= 4 is 0 Å². The van der Waals surface area contributed by atoms with Gasteiger partial charge in [0.2, 0.25) is 5.43 Å². The van der Waals surface area contributed by atoms with E-state index in [4.69, 9.17) is 10.00 Å². The molecule has 0 saturated carbocycles. The molecule has 4 rings (SSSR count). The Morgan fingerprint density at radius 1 is 1.09 bits per heavy atom. The molecular formula is C25H21N5O2. The lowest BCUT2D eigenvalue weighted by Crippen LogP contribution is -2.18. The van der Waals surface area contributed by atoms with Crippen molar-refractivity contribution in [2.45, 2.75) is 19.8 Å². The summed E-state index contributed by atoms with van der Waals surface area (Å²) in [5.41, 5.74) is 3.28. The van der Waals surface area contributed by atoms with Crippen molar-refractivity contribution in [2.75, 3.05) is 6.61 Å². The molecule has 0 fully saturated rings. The highest BCUT2D eigenvalue weighted by Crippen LogP contribution is 2.25. The Bertz CT molecular complexity index is 1340. The van der Waals surface area contributed by atoms with Gasteiger partial charge in [-0.25, -0.2) is 14.6 Å². The van der Waals surface area contributed by atoms with E-state index in [2.05, 4.69) is 21.1 Å². The second-order valence-corrected chi connectivity index (χ2v) is 7.19. The Kier molecular flexibility index (Phi) is 6.04. The fourth-order valence-corrected chi connectivity index (χ4v) is 3.40. The van der Waals surface area contributed by atoms with Gasteiger partial charge in [-0.15, -0.1) is 0 Å². The minimum absolute atomic E-state index is 0.145. The van der Waals surface area contributed by atoms with Gasteiger partial charge >= 0.3 is 0 Å². The van der Waals surface area contributed by atoms with Gasteiger partial charge in [0, 0.05) is 23.7 Å². The maximum Gasteiger partial charge on any atom is 0.203 e. The largest absolute Gasteiger partial charge is 0.491 e. The summed E-state index contributed by atoms with van der Waals surface area (Å²) in [4.78, 5) is 21.4. The second-order valence-electron chi connectivity index (χ2n) is 7.19. The van der Waals surface area contributed by atoms with E-state index in [1.165, 1.54) is 6.07 Å². The molecular weight excluding hydrogens is 402 g/mol. The molecule has 0 aliphatic rings. The summed E-state index contributed by atoms with van der Waals surface area (Å²) in [5.74, 6) is 0.946. The summed E-state index contributed by atoms with van der Waals surface area (Å²) in [7, 11) is 0. The van der Waals surface area contributed by atoms with Crippen LogP contribution in [0.2, 0.25) is 0 Å². The number of hydrogen-bond acceptors (Lipinski definition) is 6. The van der Waals surface area contributed by atoms with Gasteiger partial charge < -0.3 is 4.74 Å². The van der Waals surface area contributed by atoms with Crippen LogP contribution in [-0.4, -0.2) is 26.4 Å². The molecule has 0 radical (unpaired) electrons. The average Bonchev–Trinajstić information content (AvgIpc) is 2.85. The van der Waals surface area contributed by atoms with E-state index in [9.17, 15) is 4.79 Å². The number of rotatable bonds is 6. The Labute approximate surface area is 185 Å². The molecule has 0 bridgehead atoms. The van der Waals surface area contributed by atoms with Gasteiger partial charge in [0.1, 0.15) is 5.69 Å². The van der Waals surface area contributed by atoms with E-state index in [1.54, 1.807) is 41.5 Å². The SMILES string of the molecule is CCOc1cnc(-c2cccc(C(C)c3nn(-c4cccc(C#N)c4)ccc3=O)c2)nc1. The molecule has 1 atom stereocenters. The fraction of sp³-hybridized carbons (Fsp3) is 0.160. The summed E-state index contributed by atoms with van der Waals surface area (Å²) in [6.45, 7) is 4.40. The summed E-state index contributed by atoms with van der Waals surface area (Å²) in [6.07, 6.45) is 4.91. The molecule has 0 amide bonds. The van der Waals surface area contributed by atoms with E-state index >= 15 is 0 Å². The number of nitrogens with zero attached hydrogens (tertiary/aromatic N) is 5. The van der Waals surface area contributed by atoms with Crippen LogP contribution in [0, 0.1) is 11.3 Å². The maximum absolute atomic E-state index is 12.6. The lowest BCUT2D eigenvalue weighted by molar-refractivity contribution is 0.337. The second kappa shape index (κ2) is 9.23. The minimum Gasteiger partial charge on any atom is -0.491 e. The molecule has 0 aliphatic carbocycles. The molecule has 2 aromatic carbocycles. The van der Waals surface area contributed by atoms with E-state index in [1.807, 2.05) is 44.2 Å². The van der Waals surface area contributed by atoms with Crippen molar-refractivity contribution in [3.63, 3.8) is 0 Å². The molecule has 2 heterocycles. The number of benzene rings is 2. The zero-order valence-electron chi connectivity index (χ0n) is 17.8. The van der Waals surface area contributed by atoms with Gasteiger partial charge in [-0.2, -0.15) is 10.4 Å². The topological polar surface area (TPSA) is 93.7 Å². The lowest BCUT2D eigenvalue weighted by atomic mass is 9.95. The highest BCUT2D eigenvalue weighted by atomic mass is 16.5. The molecule has 7 heteroatoms. The number of nitriles is 1. The van der Waals surface area contributed by atoms with E-state index in [0.29, 0.717) is 35.1 Å². The smallest absolute Gasteiger partial charge is 0.203 e. The van der Waals surface area contributed by atoms with Gasteiger partial charge in [0.05, 0.1) is 36.3 Å². The van der Waals surface area contributed by atoms with Crippen LogP contribution < -0.4 is 10.2 Å². The lowest BCUT2D eigenvalue weighted by Gasteiger charge is -2.14. The first-order chi connectivity index (χ1) is 15.6. The van der Waals surface area contributed by atoms with Crippen LogP contribution in [0.25, 0.3) is 17.1 Å². The fourth-order valence-electron chi connectivity index (χ4n) is 3.40. The van der Waals surface area contributed by atoms with E-state index < -0.39 is 0 Å². The van der Waals surface area contributed by atoms with Crippen LogP contribution >= 0.6 is 0 Å². The first-order valence-electron chi connectivity index (χ1n) is 10.2. The van der Waals surface area contributed by atoms with Crippen LogP contribution in [-0.2, 0) is 0 Å². The standard InChI is InChI=1S/C25H21N5O2/c1-3-32-22-15-27-25(28-16-22)20-8-5-7-19(13-20)17(2)24-23(31)10-11-30(29-24)21-9-4-6-18(12-21)14-26/h4-13,15-17H,3H2,1-2H3. The van der Waals surface area contributed by atoms with Crippen LogP contribution in [0.4, 0.5) is 0 Å². The molecule has 158 valence electrons. The Balaban J connectivity index is 1.67. The van der Waals surface area contributed by atoms with Crippen molar-refractivity contribution in [3.05, 3.63) is 100 Å². The molecule has 0 N–H and O–H groups in total.